The zero-order valence-electron chi connectivity index (χ0n) is 15.4. The van der Waals surface area contributed by atoms with Gasteiger partial charge in [0.2, 0.25) is 0 Å². The maximum Gasteiger partial charge on any atom is 0.412 e. The molecule has 6 heteroatoms. The summed E-state index contributed by atoms with van der Waals surface area (Å²) in [6, 6.07) is 12.6. The van der Waals surface area contributed by atoms with Crippen LogP contribution in [0.25, 0.3) is 6.08 Å². The van der Waals surface area contributed by atoms with Gasteiger partial charge in [-0.1, -0.05) is 18.2 Å². The third-order valence-corrected chi connectivity index (χ3v) is 3.40. The molecule has 0 radical (unpaired) electrons. The lowest BCUT2D eigenvalue weighted by atomic mass is 10.1. The molecule has 0 saturated heterocycles. The van der Waals surface area contributed by atoms with Gasteiger partial charge in [0.25, 0.3) is 0 Å². The molecule has 0 saturated carbocycles. The molecule has 1 amide bonds. The maximum absolute atomic E-state index is 12.2. The number of anilines is 1. The second-order valence-electron chi connectivity index (χ2n) is 6.83. The zero-order valence-corrected chi connectivity index (χ0v) is 15.4. The first-order valence-corrected chi connectivity index (χ1v) is 8.30. The smallest absolute Gasteiger partial charge is 0.412 e. The molecule has 0 bridgehead atoms. The number of rotatable bonds is 5. The molecule has 140 valence electrons. The Kier molecular flexibility index (Phi) is 6.13. The van der Waals surface area contributed by atoms with Gasteiger partial charge in [0.05, 0.1) is 5.56 Å². The first-order chi connectivity index (χ1) is 12.6. The average molecular weight is 367 g/mol. The summed E-state index contributed by atoms with van der Waals surface area (Å²) in [7, 11) is 0. The van der Waals surface area contributed by atoms with Gasteiger partial charge in [-0.15, -0.1) is 0 Å². The Labute approximate surface area is 157 Å². The molecule has 0 aromatic heterocycles. The number of benzene rings is 2. The van der Waals surface area contributed by atoms with Crippen LogP contribution in [-0.4, -0.2) is 28.6 Å². The summed E-state index contributed by atoms with van der Waals surface area (Å²) in [5, 5.41) is 11.5. The van der Waals surface area contributed by atoms with Crippen LogP contribution in [0.15, 0.2) is 54.6 Å². The molecule has 27 heavy (non-hydrogen) atoms. The highest BCUT2D eigenvalue weighted by atomic mass is 16.6. The van der Waals surface area contributed by atoms with Crippen molar-refractivity contribution >= 4 is 29.6 Å². The lowest BCUT2D eigenvalue weighted by Gasteiger charge is -2.19. The van der Waals surface area contributed by atoms with E-state index >= 15 is 0 Å². The van der Waals surface area contributed by atoms with Crippen molar-refractivity contribution in [1.82, 2.24) is 0 Å². The first kappa shape index (κ1) is 19.9. The number of nitrogens with one attached hydrogen (secondary N) is 1. The number of aromatic carboxylic acids is 1. The van der Waals surface area contributed by atoms with Crippen molar-refractivity contribution in [2.75, 3.05) is 5.32 Å². The van der Waals surface area contributed by atoms with Crippen LogP contribution in [0.4, 0.5) is 10.5 Å². The Hall–Kier alpha value is -3.41. The van der Waals surface area contributed by atoms with E-state index in [2.05, 4.69) is 5.32 Å². The molecule has 0 aliphatic rings. The predicted molar refractivity (Wildman–Crippen MR) is 103 cm³/mol. The number of carbonyl (C=O) groups is 3. The molecular weight excluding hydrogens is 346 g/mol. The molecule has 2 aromatic rings. The standard InChI is InChI=1S/C21H21NO5/c1-21(2,3)27-20(26)22-17-11-9-15(10-12-17)18(23)13-6-14-4-7-16(8-5-14)19(24)25/h4-13H,1-3H3,(H,22,26)(H,24,25)/b13-6+. The number of hydrogen-bond acceptors (Lipinski definition) is 4. The van der Waals surface area contributed by atoms with E-state index in [0.29, 0.717) is 11.3 Å². The lowest BCUT2D eigenvalue weighted by molar-refractivity contribution is 0.0634. The first-order valence-electron chi connectivity index (χ1n) is 8.30. The normalized spacial score (nSPS) is 11.2. The van der Waals surface area contributed by atoms with Crippen molar-refractivity contribution in [2.45, 2.75) is 26.4 Å². The number of carbonyl (C=O) groups excluding carboxylic acids is 2. The molecule has 0 spiro atoms. The molecule has 2 rings (SSSR count). The summed E-state index contributed by atoms with van der Waals surface area (Å²) in [6.45, 7) is 5.32. The van der Waals surface area contributed by atoms with E-state index in [9.17, 15) is 14.4 Å². The Morgan fingerprint density at radius 1 is 0.926 bits per heavy atom. The molecule has 0 fully saturated rings. The quantitative estimate of drug-likeness (QED) is 0.594. The van der Waals surface area contributed by atoms with Crippen molar-refractivity contribution in [1.29, 1.82) is 0 Å². The number of hydrogen-bond donors (Lipinski definition) is 2. The number of ether oxygens (including phenoxy) is 1. The Bertz CT molecular complexity index is 859. The molecule has 0 atom stereocenters. The Balaban J connectivity index is 1.98. The summed E-state index contributed by atoms with van der Waals surface area (Å²) < 4.78 is 5.17. The molecule has 0 unspecified atom stereocenters. The molecule has 2 N–H and O–H groups in total. The fraction of sp³-hybridized carbons (Fsp3) is 0.190. The number of amides is 1. The Morgan fingerprint density at radius 3 is 2.00 bits per heavy atom. The van der Waals surface area contributed by atoms with Crippen molar-refractivity contribution in [3.05, 3.63) is 71.3 Å². The third kappa shape index (κ3) is 6.43. The van der Waals surface area contributed by atoms with Crippen molar-refractivity contribution < 1.29 is 24.2 Å². The highest BCUT2D eigenvalue weighted by molar-refractivity contribution is 6.07. The number of ketones is 1. The highest BCUT2D eigenvalue weighted by Gasteiger charge is 2.16. The van der Waals surface area contributed by atoms with Gasteiger partial charge in [0, 0.05) is 11.3 Å². The zero-order chi connectivity index (χ0) is 20.0. The monoisotopic (exact) mass is 367 g/mol. The van der Waals surface area contributed by atoms with Crippen LogP contribution in [0.3, 0.4) is 0 Å². The summed E-state index contributed by atoms with van der Waals surface area (Å²) in [4.78, 5) is 34.8. The van der Waals surface area contributed by atoms with Crippen LogP contribution < -0.4 is 5.32 Å². The van der Waals surface area contributed by atoms with Crippen LogP contribution in [0.1, 0.15) is 47.1 Å². The van der Waals surface area contributed by atoms with Gasteiger partial charge >= 0.3 is 12.1 Å². The molecule has 2 aromatic carbocycles. The van der Waals surface area contributed by atoms with E-state index in [1.807, 2.05) is 0 Å². The lowest BCUT2D eigenvalue weighted by Crippen LogP contribution is -2.27. The van der Waals surface area contributed by atoms with Gasteiger partial charge in [0.1, 0.15) is 5.60 Å². The fourth-order valence-corrected chi connectivity index (χ4v) is 2.14. The van der Waals surface area contributed by atoms with E-state index in [4.69, 9.17) is 9.84 Å². The van der Waals surface area contributed by atoms with Crippen molar-refractivity contribution in [3.63, 3.8) is 0 Å². The molecule has 0 aliphatic carbocycles. The largest absolute Gasteiger partial charge is 0.478 e. The minimum Gasteiger partial charge on any atom is -0.478 e. The number of carboxylic acids is 1. The van der Waals surface area contributed by atoms with Crippen LogP contribution >= 0.6 is 0 Å². The van der Waals surface area contributed by atoms with Crippen molar-refractivity contribution in [2.24, 2.45) is 0 Å². The van der Waals surface area contributed by atoms with E-state index in [1.165, 1.54) is 18.2 Å². The molecule has 6 nitrogen and oxygen atoms in total. The molecule has 0 aliphatic heterocycles. The second kappa shape index (κ2) is 8.31. The maximum atomic E-state index is 12.2. The van der Waals surface area contributed by atoms with Crippen molar-refractivity contribution in [3.8, 4) is 0 Å². The van der Waals surface area contributed by atoms with Gasteiger partial charge < -0.3 is 9.84 Å². The SMILES string of the molecule is CC(C)(C)OC(=O)Nc1ccc(C(=O)/C=C/c2ccc(C(=O)O)cc2)cc1. The third-order valence-electron chi connectivity index (χ3n) is 3.40. The van der Waals surface area contributed by atoms with E-state index in [1.54, 1.807) is 63.2 Å². The van der Waals surface area contributed by atoms with Gasteiger partial charge in [-0.3, -0.25) is 10.1 Å². The van der Waals surface area contributed by atoms with Gasteiger partial charge in [-0.05, 0) is 68.8 Å². The predicted octanol–water partition coefficient (Wildman–Crippen LogP) is 4.63. The van der Waals surface area contributed by atoms with Gasteiger partial charge in [0.15, 0.2) is 5.78 Å². The van der Waals surface area contributed by atoms with Crippen LogP contribution in [0.5, 0.6) is 0 Å². The topological polar surface area (TPSA) is 92.7 Å². The second-order valence-corrected chi connectivity index (χ2v) is 6.83. The molecule has 0 heterocycles. The Morgan fingerprint density at radius 2 is 1.48 bits per heavy atom. The van der Waals surface area contributed by atoms with Crippen LogP contribution in [0, 0.1) is 0 Å². The van der Waals surface area contributed by atoms with Gasteiger partial charge in [-0.2, -0.15) is 0 Å². The molecular formula is C21H21NO5. The summed E-state index contributed by atoms with van der Waals surface area (Å²) in [6.07, 6.45) is 2.46. The minimum atomic E-state index is -0.998. The van der Waals surface area contributed by atoms with Crippen LogP contribution in [0.2, 0.25) is 0 Å². The summed E-state index contributed by atoms with van der Waals surface area (Å²) in [5.41, 5.74) is 1.30. The summed E-state index contributed by atoms with van der Waals surface area (Å²) in [5.74, 6) is -1.21. The fourth-order valence-electron chi connectivity index (χ4n) is 2.14. The summed E-state index contributed by atoms with van der Waals surface area (Å²) >= 11 is 0. The number of allylic oxidation sites excluding steroid dienone is 1. The minimum absolute atomic E-state index is 0.187. The van der Waals surface area contributed by atoms with Crippen LogP contribution in [-0.2, 0) is 4.74 Å². The number of carboxylic acid groups (broad SMARTS) is 1. The van der Waals surface area contributed by atoms with E-state index < -0.39 is 17.7 Å². The van der Waals surface area contributed by atoms with Gasteiger partial charge in [-0.25, -0.2) is 9.59 Å². The average Bonchev–Trinajstić information content (AvgIpc) is 2.59. The van der Waals surface area contributed by atoms with E-state index in [0.717, 1.165) is 5.56 Å². The highest BCUT2D eigenvalue weighted by Crippen LogP contribution is 2.14. The van der Waals surface area contributed by atoms with E-state index in [-0.39, 0.29) is 11.3 Å².